The van der Waals surface area contributed by atoms with Gasteiger partial charge in [-0.05, 0) is 44.9 Å². The molecule has 1 aliphatic carbocycles. The van der Waals surface area contributed by atoms with E-state index in [9.17, 15) is 20.1 Å². The van der Waals surface area contributed by atoms with Gasteiger partial charge in [0.15, 0.2) is 0 Å². The number of carbonyl (C=O) groups excluding carboxylic acids is 2. The summed E-state index contributed by atoms with van der Waals surface area (Å²) < 4.78 is 9.96. The fourth-order valence-electron chi connectivity index (χ4n) is 2.88. The van der Waals surface area contributed by atoms with E-state index in [2.05, 4.69) is 0 Å². The molecule has 0 radical (unpaired) electrons. The summed E-state index contributed by atoms with van der Waals surface area (Å²) in [5, 5.41) is 18.9. The lowest BCUT2D eigenvalue weighted by atomic mass is 9.80. The Kier molecular flexibility index (Phi) is 8.80. The number of rotatable bonds is 6. The number of hydrogen-bond acceptors (Lipinski definition) is 7. The zero-order valence-corrected chi connectivity index (χ0v) is 15.6. The number of nitriles is 2. The maximum absolute atomic E-state index is 12.1. The second kappa shape index (κ2) is 10.6. The van der Waals surface area contributed by atoms with E-state index in [0.29, 0.717) is 23.3 Å². The van der Waals surface area contributed by atoms with Crippen molar-refractivity contribution in [1.29, 1.82) is 10.5 Å². The number of nitrogens with zero attached hydrogens (tertiary/aromatic N) is 2. The molecular weight excluding hydrogens is 340 g/mol. The number of ether oxygens (including phenoxy) is 2. The topological polar surface area (TPSA) is 100 Å². The van der Waals surface area contributed by atoms with Crippen LogP contribution >= 0.6 is 11.8 Å². The van der Waals surface area contributed by atoms with Crippen molar-refractivity contribution in [1.82, 2.24) is 0 Å². The van der Waals surface area contributed by atoms with E-state index in [1.165, 1.54) is 11.8 Å². The maximum Gasteiger partial charge on any atom is 0.349 e. The fourth-order valence-corrected chi connectivity index (χ4v) is 3.75. The third kappa shape index (κ3) is 5.11. The smallest absolute Gasteiger partial charge is 0.349 e. The zero-order valence-electron chi connectivity index (χ0n) is 14.8. The molecule has 0 aromatic carbocycles. The fraction of sp³-hybridized carbons (Fsp3) is 0.556. The Morgan fingerprint density at radius 1 is 1.12 bits per heavy atom. The molecule has 0 saturated heterocycles. The quantitative estimate of drug-likeness (QED) is 0.406. The molecule has 1 fully saturated rings. The molecule has 6 nitrogen and oxygen atoms in total. The van der Waals surface area contributed by atoms with E-state index in [-0.39, 0.29) is 30.3 Å². The first-order valence-electron chi connectivity index (χ1n) is 8.21. The molecule has 1 atom stereocenters. The molecule has 1 rings (SSSR count). The monoisotopic (exact) mass is 362 g/mol. The molecule has 134 valence electrons. The standard InChI is InChI=1S/C18H22N2O4S/c1-4-23-17(21)14(10-19)12-8-6-7-9-13(12)16(25-3)15(11-20)18(22)24-5-2/h13H,4-9H2,1-3H3. The normalized spacial score (nSPS) is 19.8. The lowest BCUT2D eigenvalue weighted by Gasteiger charge is -2.28. The van der Waals surface area contributed by atoms with Gasteiger partial charge in [-0.3, -0.25) is 0 Å². The Morgan fingerprint density at radius 2 is 1.76 bits per heavy atom. The summed E-state index contributed by atoms with van der Waals surface area (Å²) in [7, 11) is 0. The van der Waals surface area contributed by atoms with E-state index in [1.54, 1.807) is 20.1 Å². The molecule has 0 N–H and O–H groups in total. The predicted molar refractivity (Wildman–Crippen MR) is 94.0 cm³/mol. The summed E-state index contributed by atoms with van der Waals surface area (Å²) in [6.45, 7) is 3.70. The van der Waals surface area contributed by atoms with Gasteiger partial charge >= 0.3 is 11.9 Å². The molecule has 1 unspecified atom stereocenters. The second-order valence-electron chi connectivity index (χ2n) is 5.31. The van der Waals surface area contributed by atoms with Gasteiger partial charge in [0.1, 0.15) is 23.3 Å². The average Bonchev–Trinajstić information content (AvgIpc) is 2.61. The minimum absolute atomic E-state index is 0.0146. The number of carbonyl (C=O) groups is 2. The summed E-state index contributed by atoms with van der Waals surface area (Å²) in [6.07, 6.45) is 4.74. The molecule has 0 aromatic rings. The van der Waals surface area contributed by atoms with Crippen LogP contribution in [0.5, 0.6) is 0 Å². The van der Waals surface area contributed by atoms with Gasteiger partial charge in [-0.15, -0.1) is 11.8 Å². The van der Waals surface area contributed by atoms with Crippen molar-refractivity contribution < 1.29 is 19.1 Å². The second-order valence-corrected chi connectivity index (χ2v) is 6.15. The molecule has 0 heterocycles. The summed E-state index contributed by atoms with van der Waals surface area (Å²) in [4.78, 5) is 24.8. The summed E-state index contributed by atoms with van der Waals surface area (Å²) >= 11 is 1.28. The van der Waals surface area contributed by atoms with Gasteiger partial charge in [-0.2, -0.15) is 10.5 Å². The Hall–Kier alpha value is -2.25. The van der Waals surface area contributed by atoms with Crippen LogP contribution in [0.1, 0.15) is 39.5 Å². The summed E-state index contributed by atoms with van der Waals surface area (Å²) in [5.74, 6) is -1.64. The first-order chi connectivity index (χ1) is 12.0. The third-order valence-electron chi connectivity index (χ3n) is 3.90. The molecule has 0 amide bonds. The van der Waals surface area contributed by atoms with Gasteiger partial charge in [0, 0.05) is 10.8 Å². The molecule has 0 aromatic heterocycles. The minimum atomic E-state index is -0.672. The van der Waals surface area contributed by atoms with Crippen LogP contribution < -0.4 is 0 Å². The van der Waals surface area contributed by atoms with Crippen LogP contribution in [-0.2, 0) is 19.1 Å². The van der Waals surface area contributed by atoms with E-state index >= 15 is 0 Å². The first-order valence-corrected chi connectivity index (χ1v) is 9.43. The highest BCUT2D eigenvalue weighted by atomic mass is 32.2. The van der Waals surface area contributed by atoms with Crippen molar-refractivity contribution in [3.63, 3.8) is 0 Å². The average molecular weight is 362 g/mol. The minimum Gasteiger partial charge on any atom is -0.462 e. The van der Waals surface area contributed by atoms with E-state index in [4.69, 9.17) is 9.47 Å². The highest BCUT2D eigenvalue weighted by molar-refractivity contribution is 8.02. The van der Waals surface area contributed by atoms with Gasteiger partial charge < -0.3 is 9.47 Å². The molecule has 1 aliphatic rings. The Bertz CT molecular complexity index is 622. The molecular formula is C18H22N2O4S. The SMILES string of the molecule is CCOC(=O)C(C#N)=C1CCCCC1C(SC)=C(C#N)C(=O)OCC. The number of thioether (sulfide) groups is 1. The van der Waals surface area contributed by atoms with Crippen LogP contribution in [0.25, 0.3) is 0 Å². The predicted octanol–water partition coefficient (Wildman–Crippen LogP) is 3.26. The number of esters is 2. The summed E-state index contributed by atoms with van der Waals surface area (Å²) in [5.41, 5.74) is 0.577. The van der Waals surface area contributed by atoms with E-state index in [1.807, 2.05) is 12.1 Å². The van der Waals surface area contributed by atoms with E-state index in [0.717, 1.165) is 12.8 Å². The van der Waals surface area contributed by atoms with Crippen molar-refractivity contribution >= 4 is 23.7 Å². The van der Waals surface area contributed by atoms with Crippen LogP contribution in [0, 0.1) is 28.6 Å². The molecule has 25 heavy (non-hydrogen) atoms. The van der Waals surface area contributed by atoms with Crippen LogP contribution in [0.15, 0.2) is 21.6 Å². The van der Waals surface area contributed by atoms with Gasteiger partial charge in [0.25, 0.3) is 0 Å². The van der Waals surface area contributed by atoms with Crippen LogP contribution in [-0.4, -0.2) is 31.4 Å². The van der Waals surface area contributed by atoms with Crippen molar-refractivity contribution in [2.24, 2.45) is 5.92 Å². The highest BCUT2D eigenvalue weighted by Crippen LogP contribution is 2.41. The first kappa shape index (κ1) is 20.8. The van der Waals surface area contributed by atoms with Gasteiger partial charge in [-0.25, -0.2) is 9.59 Å². The van der Waals surface area contributed by atoms with Crippen molar-refractivity contribution in [2.75, 3.05) is 19.5 Å². The Balaban J connectivity index is 3.46. The Labute approximate surface area is 152 Å². The van der Waals surface area contributed by atoms with Gasteiger partial charge in [0.2, 0.25) is 0 Å². The molecule has 0 spiro atoms. The lowest BCUT2D eigenvalue weighted by molar-refractivity contribution is -0.138. The van der Waals surface area contributed by atoms with Crippen LogP contribution in [0.2, 0.25) is 0 Å². The summed E-state index contributed by atoms with van der Waals surface area (Å²) in [6, 6.07) is 3.88. The molecule has 0 aliphatic heterocycles. The van der Waals surface area contributed by atoms with Crippen molar-refractivity contribution in [3.05, 3.63) is 21.6 Å². The van der Waals surface area contributed by atoms with Crippen LogP contribution in [0.4, 0.5) is 0 Å². The van der Waals surface area contributed by atoms with Crippen molar-refractivity contribution in [3.8, 4) is 12.1 Å². The third-order valence-corrected chi connectivity index (χ3v) is 4.82. The highest BCUT2D eigenvalue weighted by Gasteiger charge is 2.32. The van der Waals surface area contributed by atoms with Gasteiger partial charge in [-0.1, -0.05) is 6.42 Å². The number of allylic oxidation sites excluding steroid dienone is 2. The maximum atomic E-state index is 12.1. The molecule has 0 bridgehead atoms. The largest absolute Gasteiger partial charge is 0.462 e. The molecule has 7 heteroatoms. The lowest BCUT2D eigenvalue weighted by Crippen LogP contribution is -2.20. The molecule has 1 saturated carbocycles. The van der Waals surface area contributed by atoms with Crippen molar-refractivity contribution in [2.45, 2.75) is 39.5 Å². The van der Waals surface area contributed by atoms with Gasteiger partial charge in [0.05, 0.1) is 13.2 Å². The Morgan fingerprint density at radius 3 is 2.28 bits per heavy atom. The van der Waals surface area contributed by atoms with Crippen LogP contribution in [0.3, 0.4) is 0 Å². The van der Waals surface area contributed by atoms with E-state index < -0.39 is 11.9 Å². The number of hydrogen-bond donors (Lipinski definition) is 0. The zero-order chi connectivity index (χ0) is 18.8.